The van der Waals surface area contributed by atoms with Gasteiger partial charge < -0.3 is 5.32 Å². The summed E-state index contributed by atoms with van der Waals surface area (Å²) in [5.41, 5.74) is 3.28. The van der Waals surface area contributed by atoms with Crippen LogP contribution in [0.4, 0.5) is 24.8 Å². The molecule has 0 amide bonds. The first-order valence-corrected chi connectivity index (χ1v) is 9.47. The molecule has 0 aliphatic heterocycles. The molecular weight excluding hydrogens is 407 g/mol. The van der Waals surface area contributed by atoms with Gasteiger partial charge in [-0.2, -0.15) is 23.4 Å². The van der Waals surface area contributed by atoms with Gasteiger partial charge in [0.25, 0.3) is 0 Å². The van der Waals surface area contributed by atoms with Crippen molar-refractivity contribution >= 4 is 11.6 Å². The molecule has 0 bridgehead atoms. The molecule has 0 unspecified atom stereocenters. The van der Waals surface area contributed by atoms with Gasteiger partial charge in [0.15, 0.2) is 11.6 Å². The van der Waals surface area contributed by atoms with Crippen molar-refractivity contribution in [1.82, 2.24) is 29.5 Å². The third-order valence-electron chi connectivity index (χ3n) is 4.90. The van der Waals surface area contributed by atoms with Gasteiger partial charge in [0.05, 0.1) is 17.0 Å². The maximum atomic E-state index is 12.9. The average molecular weight is 427 g/mol. The fourth-order valence-corrected chi connectivity index (χ4v) is 3.48. The molecule has 1 N–H and O–H groups in total. The predicted octanol–water partition coefficient (Wildman–Crippen LogP) is 4.75. The molecule has 0 spiro atoms. The standard InChI is InChI=1S/C21H20F3N7/c1-12-9-13(2)31(28-12)18-10-17(25-11-26-18)27-20-14(3)19(30(4)29-20)15-5-7-16(8-6-15)21(22,23)24/h5-11H,1-4H3,(H,25,26,27,29). The molecule has 10 heteroatoms. The van der Waals surface area contributed by atoms with Gasteiger partial charge in [0.2, 0.25) is 0 Å². The van der Waals surface area contributed by atoms with E-state index in [1.54, 1.807) is 22.5 Å². The zero-order chi connectivity index (χ0) is 22.3. The van der Waals surface area contributed by atoms with Crippen LogP contribution in [0, 0.1) is 20.8 Å². The van der Waals surface area contributed by atoms with E-state index in [0.717, 1.165) is 29.1 Å². The average Bonchev–Trinajstić information content (AvgIpc) is 3.19. The van der Waals surface area contributed by atoms with Crippen LogP contribution < -0.4 is 5.32 Å². The molecular formula is C21H20F3N7. The topological polar surface area (TPSA) is 73.5 Å². The molecule has 0 aliphatic carbocycles. The molecule has 3 heterocycles. The van der Waals surface area contributed by atoms with E-state index in [9.17, 15) is 13.2 Å². The third-order valence-corrected chi connectivity index (χ3v) is 4.90. The number of halogens is 3. The highest BCUT2D eigenvalue weighted by Gasteiger charge is 2.30. The van der Waals surface area contributed by atoms with Crippen LogP contribution in [0.1, 0.15) is 22.5 Å². The second-order valence-electron chi connectivity index (χ2n) is 7.25. The van der Waals surface area contributed by atoms with E-state index in [2.05, 4.69) is 25.5 Å². The largest absolute Gasteiger partial charge is 0.416 e. The first kappa shape index (κ1) is 20.6. The van der Waals surface area contributed by atoms with Crippen LogP contribution in [0.15, 0.2) is 42.7 Å². The zero-order valence-corrected chi connectivity index (χ0v) is 17.4. The summed E-state index contributed by atoms with van der Waals surface area (Å²) in [5.74, 6) is 1.69. The molecule has 0 aliphatic rings. The Kier molecular flexibility index (Phi) is 5.00. The molecule has 0 radical (unpaired) electrons. The first-order chi connectivity index (χ1) is 14.6. The van der Waals surface area contributed by atoms with Crippen molar-refractivity contribution in [2.24, 2.45) is 7.05 Å². The lowest BCUT2D eigenvalue weighted by atomic mass is 10.1. The molecule has 7 nitrogen and oxygen atoms in total. The molecule has 0 fully saturated rings. The number of nitrogens with zero attached hydrogens (tertiary/aromatic N) is 6. The monoisotopic (exact) mass is 427 g/mol. The van der Waals surface area contributed by atoms with E-state index in [4.69, 9.17) is 0 Å². The van der Waals surface area contributed by atoms with Crippen LogP contribution in [-0.2, 0) is 13.2 Å². The Bertz CT molecular complexity index is 1240. The summed E-state index contributed by atoms with van der Waals surface area (Å²) in [5, 5.41) is 12.1. The van der Waals surface area contributed by atoms with Gasteiger partial charge in [-0.3, -0.25) is 4.68 Å². The van der Waals surface area contributed by atoms with E-state index in [1.807, 2.05) is 26.8 Å². The number of aryl methyl sites for hydroxylation is 3. The fourth-order valence-electron chi connectivity index (χ4n) is 3.48. The van der Waals surface area contributed by atoms with Crippen molar-refractivity contribution in [1.29, 1.82) is 0 Å². The molecule has 160 valence electrons. The summed E-state index contributed by atoms with van der Waals surface area (Å²) >= 11 is 0. The van der Waals surface area contributed by atoms with Crippen LogP contribution >= 0.6 is 0 Å². The van der Waals surface area contributed by atoms with Crippen molar-refractivity contribution in [3.05, 3.63) is 65.2 Å². The highest BCUT2D eigenvalue weighted by molar-refractivity contribution is 5.71. The minimum absolute atomic E-state index is 0.526. The number of hydrogen-bond donors (Lipinski definition) is 1. The van der Waals surface area contributed by atoms with Crippen LogP contribution in [-0.4, -0.2) is 29.5 Å². The van der Waals surface area contributed by atoms with Crippen LogP contribution in [0.5, 0.6) is 0 Å². The van der Waals surface area contributed by atoms with Crippen LogP contribution in [0.25, 0.3) is 17.1 Å². The molecule has 0 saturated carbocycles. The number of alkyl halides is 3. The maximum Gasteiger partial charge on any atom is 0.416 e. The van der Waals surface area contributed by atoms with E-state index >= 15 is 0 Å². The van der Waals surface area contributed by atoms with E-state index in [-0.39, 0.29) is 0 Å². The number of rotatable bonds is 4. The van der Waals surface area contributed by atoms with Gasteiger partial charge in [0, 0.05) is 29.9 Å². The Morgan fingerprint density at radius 1 is 0.935 bits per heavy atom. The lowest BCUT2D eigenvalue weighted by Gasteiger charge is -2.09. The fraction of sp³-hybridized carbons (Fsp3) is 0.238. The number of hydrogen-bond acceptors (Lipinski definition) is 5. The summed E-state index contributed by atoms with van der Waals surface area (Å²) in [6.07, 6.45) is -2.94. The second-order valence-corrected chi connectivity index (χ2v) is 7.25. The molecule has 3 aromatic heterocycles. The molecule has 0 saturated heterocycles. The first-order valence-electron chi connectivity index (χ1n) is 9.47. The van der Waals surface area contributed by atoms with E-state index in [1.165, 1.54) is 18.5 Å². The molecule has 31 heavy (non-hydrogen) atoms. The van der Waals surface area contributed by atoms with Crippen molar-refractivity contribution in [2.75, 3.05) is 5.32 Å². The predicted molar refractivity (Wildman–Crippen MR) is 110 cm³/mol. The smallest absolute Gasteiger partial charge is 0.323 e. The Morgan fingerprint density at radius 2 is 1.65 bits per heavy atom. The Balaban J connectivity index is 1.64. The normalized spacial score (nSPS) is 11.7. The number of aromatic nitrogens is 6. The lowest BCUT2D eigenvalue weighted by Crippen LogP contribution is -2.04. The second kappa shape index (κ2) is 7.53. The highest BCUT2D eigenvalue weighted by Crippen LogP contribution is 2.33. The molecule has 4 aromatic rings. The Hall–Kier alpha value is -3.69. The third kappa shape index (κ3) is 4.00. The minimum atomic E-state index is -4.37. The summed E-state index contributed by atoms with van der Waals surface area (Å²) < 4.78 is 41.9. The van der Waals surface area contributed by atoms with Crippen molar-refractivity contribution in [3.63, 3.8) is 0 Å². The highest BCUT2D eigenvalue weighted by atomic mass is 19.4. The number of nitrogens with one attached hydrogen (secondary N) is 1. The molecule has 1 aromatic carbocycles. The zero-order valence-electron chi connectivity index (χ0n) is 17.4. The Labute approximate surface area is 176 Å². The van der Waals surface area contributed by atoms with Gasteiger partial charge in [-0.1, -0.05) is 12.1 Å². The lowest BCUT2D eigenvalue weighted by molar-refractivity contribution is -0.137. The van der Waals surface area contributed by atoms with Crippen molar-refractivity contribution in [2.45, 2.75) is 26.9 Å². The number of benzene rings is 1. The summed E-state index contributed by atoms with van der Waals surface area (Å²) in [6, 6.07) is 8.74. The van der Waals surface area contributed by atoms with Crippen molar-refractivity contribution < 1.29 is 13.2 Å². The quantitative estimate of drug-likeness (QED) is 0.509. The van der Waals surface area contributed by atoms with E-state index in [0.29, 0.717) is 28.7 Å². The van der Waals surface area contributed by atoms with Gasteiger partial charge >= 0.3 is 6.18 Å². The maximum absolute atomic E-state index is 12.9. The van der Waals surface area contributed by atoms with Gasteiger partial charge in [-0.15, -0.1) is 0 Å². The Morgan fingerprint density at radius 3 is 2.26 bits per heavy atom. The van der Waals surface area contributed by atoms with Gasteiger partial charge in [0.1, 0.15) is 12.1 Å². The summed E-state index contributed by atoms with van der Waals surface area (Å²) in [6.45, 7) is 5.70. The van der Waals surface area contributed by atoms with Crippen molar-refractivity contribution in [3.8, 4) is 17.1 Å². The van der Waals surface area contributed by atoms with Gasteiger partial charge in [-0.25, -0.2) is 14.6 Å². The summed E-state index contributed by atoms with van der Waals surface area (Å²) in [4.78, 5) is 8.53. The number of anilines is 2. The van der Waals surface area contributed by atoms with E-state index < -0.39 is 11.7 Å². The minimum Gasteiger partial charge on any atom is -0.323 e. The SMILES string of the molecule is Cc1cc(C)n(-c2cc(Nc3nn(C)c(-c4ccc(C(F)(F)F)cc4)c3C)ncn2)n1. The molecule has 4 rings (SSSR count). The molecule has 0 atom stereocenters. The van der Waals surface area contributed by atoms with Crippen LogP contribution in [0.2, 0.25) is 0 Å². The summed E-state index contributed by atoms with van der Waals surface area (Å²) in [7, 11) is 1.74. The van der Waals surface area contributed by atoms with Crippen LogP contribution in [0.3, 0.4) is 0 Å². The van der Waals surface area contributed by atoms with Gasteiger partial charge in [-0.05, 0) is 39.0 Å².